The molecule has 0 spiro atoms. The third-order valence-corrected chi connectivity index (χ3v) is 2.74. The van der Waals surface area contributed by atoms with Crippen LogP contribution in [0.25, 0.3) is 0 Å². The zero-order valence-corrected chi connectivity index (χ0v) is 12.1. The van der Waals surface area contributed by atoms with Gasteiger partial charge >= 0.3 is 5.97 Å². The van der Waals surface area contributed by atoms with Gasteiger partial charge in [-0.25, -0.2) is 5.48 Å². The summed E-state index contributed by atoms with van der Waals surface area (Å²) in [5, 5.41) is 0. The summed E-state index contributed by atoms with van der Waals surface area (Å²) in [5.74, 6) is -2.02. The Labute approximate surface area is 119 Å². The van der Waals surface area contributed by atoms with E-state index in [-0.39, 0.29) is 19.1 Å². The zero-order chi connectivity index (χ0) is 15.0. The number of hydrogen-bond acceptors (Lipinski definition) is 4. The average Bonchev–Trinajstić information content (AvgIpc) is 2.40. The van der Waals surface area contributed by atoms with Crippen LogP contribution in [0.5, 0.6) is 0 Å². The summed E-state index contributed by atoms with van der Waals surface area (Å²) in [4.78, 5) is 28.8. The fourth-order valence-corrected chi connectivity index (χ4v) is 1.74. The predicted octanol–water partition coefficient (Wildman–Crippen LogP) is 2.07. The van der Waals surface area contributed by atoms with E-state index in [9.17, 15) is 9.59 Å². The molecule has 0 saturated heterocycles. The van der Waals surface area contributed by atoms with Crippen molar-refractivity contribution in [3.05, 3.63) is 35.9 Å². The van der Waals surface area contributed by atoms with Crippen molar-refractivity contribution in [2.45, 2.75) is 27.4 Å². The smallest absolute Gasteiger partial charge is 0.318 e. The summed E-state index contributed by atoms with van der Waals surface area (Å²) in [6, 6.07) is 9.44. The highest BCUT2D eigenvalue weighted by Crippen LogP contribution is 2.13. The molecule has 20 heavy (non-hydrogen) atoms. The standard InChI is InChI=1S/C15H21NO4/c1-4-19-15(18)13(11(2)3)14(17)16-20-10-12-8-6-5-7-9-12/h5-9,11,13H,4,10H2,1-3H3,(H,16,17)/t13-/m0/s1. The number of nitrogens with one attached hydrogen (secondary N) is 1. The van der Waals surface area contributed by atoms with E-state index in [1.807, 2.05) is 30.3 Å². The number of carbonyl (C=O) groups is 2. The van der Waals surface area contributed by atoms with Crippen LogP contribution in [-0.4, -0.2) is 18.5 Å². The molecule has 5 nitrogen and oxygen atoms in total. The van der Waals surface area contributed by atoms with Gasteiger partial charge in [-0.15, -0.1) is 0 Å². The van der Waals surface area contributed by atoms with Crippen LogP contribution >= 0.6 is 0 Å². The lowest BCUT2D eigenvalue weighted by molar-refractivity contribution is -0.158. The Morgan fingerprint density at radius 2 is 1.85 bits per heavy atom. The molecule has 1 rings (SSSR count). The van der Waals surface area contributed by atoms with Crippen LogP contribution in [0.4, 0.5) is 0 Å². The number of esters is 1. The summed E-state index contributed by atoms with van der Waals surface area (Å²) < 4.78 is 4.90. The highest BCUT2D eigenvalue weighted by atomic mass is 16.7. The first-order valence-corrected chi connectivity index (χ1v) is 6.68. The van der Waals surface area contributed by atoms with Gasteiger partial charge in [0, 0.05) is 0 Å². The third-order valence-electron chi connectivity index (χ3n) is 2.74. The van der Waals surface area contributed by atoms with Gasteiger partial charge in [0.05, 0.1) is 13.2 Å². The van der Waals surface area contributed by atoms with Crippen LogP contribution < -0.4 is 5.48 Å². The lowest BCUT2D eigenvalue weighted by Gasteiger charge is -2.18. The molecular formula is C15H21NO4. The molecule has 0 aliphatic carbocycles. The summed E-state index contributed by atoms with van der Waals surface area (Å²) in [6.07, 6.45) is 0. The first-order valence-electron chi connectivity index (χ1n) is 6.68. The van der Waals surface area contributed by atoms with Crippen LogP contribution in [-0.2, 0) is 25.8 Å². The molecule has 0 aliphatic heterocycles. The topological polar surface area (TPSA) is 64.6 Å². The molecule has 0 aromatic heterocycles. The van der Waals surface area contributed by atoms with Crippen LogP contribution in [0.3, 0.4) is 0 Å². The summed E-state index contributed by atoms with van der Waals surface area (Å²) in [7, 11) is 0. The molecule has 110 valence electrons. The van der Waals surface area contributed by atoms with Gasteiger partial charge in [-0.3, -0.25) is 14.4 Å². The van der Waals surface area contributed by atoms with Gasteiger partial charge in [0.2, 0.25) is 0 Å². The van der Waals surface area contributed by atoms with E-state index < -0.39 is 17.8 Å². The van der Waals surface area contributed by atoms with E-state index >= 15 is 0 Å². The Hall–Kier alpha value is -1.88. The van der Waals surface area contributed by atoms with E-state index in [1.54, 1.807) is 20.8 Å². The highest BCUT2D eigenvalue weighted by molar-refractivity contribution is 5.97. The van der Waals surface area contributed by atoms with Crippen molar-refractivity contribution in [2.24, 2.45) is 11.8 Å². The molecule has 5 heteroatoms. The monoisotopic (exact) mass is 279 g/mol. The van der Waals surface area contributed by atoms with Crippen LogP contribution in [0.2, 0.25) is 0 Å². The molecule has 1 amide bonds. The molecule has 0 aliphatic rings. The fourth-order valence-electron chi connectivity index (χ4n) is 1.74. The van der Waals surface area contributed by atoms with Gasteiger partial charge in [0.1, 0.15) is 5.92 Å². The molecule has 0 fully saturated rings. The van der Waals surface area contributed by atoms with Crippen molar-refractivity contribution in [3.63, 3.8) is 0 Å². The number of amides is 1. The minimum atomic E-state index is -0.856. The van der Waals surface area contributed by atoms with Crippen molar-refractivity contribution in [1.82, 2.24) is 5.48 Å². The van der Waals surface area contributed by atoms with Gasteiger partial charge in [-0.1, -0.05) is 44.2 Å². The van der Waals surface area contributed by atoms with Crippen molar-refractivity contribution in [3.8, 4) is 0 Å². The van der Waals surface area contributed by atoms with Gasteiger partial charge < -0.3 is 4.74 Å². The van der Waals surface area contributed by atoms with Gasteiger partial charge in [-0.05, 0) is 18.4 Å². The fraction of sp³-hybridized carbons (Fsp3) is 0.467. The molecule has 0 radical (unpaired) electrons. The summed E-state index contributed by atoms with van der Waals surface area (Å²) in [5.41, 5.74) is 3.25. The molecular weight excluding hydrogens is 258 g/mol. The highest BCUT2D eigenvalue weighted by Gasteiger charge is 2.31. The minimum Gasteiger partial charge on any atom is -0.465 e. The van der Waals surface area contributed by atoms with Crippen molar-refractivity contribution in [2.75, 3.05) is 6.61 Å². The number of carbonyl (C=O) groups excluding carboxylic acids is 2. The maximum Gasteiger partial charge on any atom is 0.318 e. The van der Waals surface area contributed by atoms with Crippen LogP contribution in [0, 0.1) is 11.8 Å². The molecule has 1 aromatic rings. The molecule has 0 heterocycles. The summed E-state index contributed by atoms with van der Waals surface area (Å²) >= 11 is 0. The SMILES string of the molecule is CCOC(=O)[C@H](C(=O)NOCc1ccccc1)C(C)C. The third kappa shape index (κ3) is 5.01. The van der Waals surface area contributed by atoms with E-state index in [4.69, 9.17) is 9.57 Å². The second-order valence-corrected chi connectivity index (χ2v) is 4.71. The van der Waals surface area contributed by atoms with Crippen LogP contribution in [0.15, 0.2) is 30.3 Å². The molecule has 0 bridgehead atoms. The van der Waals surface area contributed by atoms with E-state index in [0.717, 1.165) is 5.56 Å². The predicted molar refractivity (Wildman–Crippen MR) is 74.3 cm³/mol. The van der Waals surface area contributed by atoms with E-state index in [1.165, 1.54) is 0 Å². The van der Waals surface area contributed by atoms with Gasteiger partial charge in [0.25, 0.3) is 5.91 Å². The number of hydroxylamine groups is 1. The number of rotatable bonds is 7. The Bertz CT molecular complexity index is 431. The zero-order valence-electron chi connectivity index (χ0n) is 12.1. The second-order valence-electron chi connectivity index (χ2n) is 4.71. The lowest BCUT2D eigenvalue weighted by Crippen LogP contribution is -2.39. The Morgan fingerprint density at radius 3 is 2.40 bits per heavy atom. The first kappa shape index (κ1) is 16.2. The Kier molecular flexibility index (Phi) is 6.73. The average molecular weight is 279 g/mol. The largest absolute Gasteiger partial charge is 0.465 e. The van der Waals surface area contributed by atoms with Crippen molar-refractivity contribution in [1.29, 1.82) is 0 Å². The quantitative estimate of drug-likeness (QED) is 0.471. The number of hydrogen-bond donors (Lipinski definition) is 1. The van der Waals surface area contributed by atoms with Crippen molar-refractivity contribution < 1.29 is 19.2 Å². The maximum atomic E-state index is 12.0. The minimum absolute atomic E-state index is 0.158. The molecule has 1 atom stereocenters. The Balaban J connectivity index is 2.48. The molecule has 1 aromatic carbocycles. The van der Waals surface area contributed by atoms with Crippen molar-refractivity contribution >= 4 is 11.9 Å². The normalized spacial score (nSPS) is 12.0. The maximum absolute atomic E-state index is 12.0. The van der Waals surface area contributed by atoms with E-state index in [2.05, 4.69) is 5.48 Å². The summed E-state index contributed by atoms with van der Waals surface area (Å²) in [6.45, 7) is 5.79. The first-order chi connectivity index (χ1) is 9.56. The Morgan fingerprint density at radius 1 is 1.20 bits per heavy atom. The second kappa shape index (κ2) is 8.32. The van der Waals surface area contributed by atoms with E-state index in [0.29, 0.717) is 0 Å². The molecule has 1 N–H and O–H groups in total. The van der Waals surface area contributed by atoms with Gasteiger partial charge in [0.15, 0.2) is 0 Å². The van der Waals surface area contributed by atoms with Gasteiger partial charge in [-0.2, -0.15) is 0 Å². The molecule has 0 unspecified atom stereocenters. The lowest BCUT2D eigenvalue weighted by atomic mass is 9.95. The number of ether oxygens (including phenoxy) is 1. The number of benzene rings is 1. The molecule has 0 saturated carbocycles. The van der Waals surface area contributed by atoms with Crippen LogP contribution in [0.1, 0.15) is 26.3 Å².